The van der Waals surface area contributed by atoms with E-state index in [1.54, 1.807) is 0 Å². The van der Waals surface area contributed by atoms with Crippen LogP contribution in [-0.4, -0.2) is 15.0 Å². The largest absolute Gasteiger partial charge is 0.252 e. The van der Waals surface area contributed by atoms with Gasteiger partial charge in [-0.05, 0) is 24.8 Å². The van der Waals surface area contributed by atoms with E-state index in [9.17, 15) is 0 Å². The zero-order valence-corrected chi connectivity index (χ0v) is 11.3. The molecule has 17 heavy (non-hydrogen) atoms. The van der Waals surface area contributed by atoms with E-state index < -0.39 is 0 Å². The summed E-state index contributed by atoms with van der Waals surface area (Å²) in [7, 11) is 0. The highest BCUT2D eigenvalue weighted by Crippen LogP contribution is 2.06. The summed E-state index contributed by atoms with van der Waals surface area (Å²) in [6.07, 6.45) is 5.46. The maximum absolute atomic E-state index is 4.07. The number of halogens is 1. The molecule has 0 fully saturated rings. The average Bonchev–Trinajstić information content (AvgIpc) is 2.84. The van der Waals surface area contributed by atoms with E-state index in [0.717, 1.165) is 30.4 Å². The van der Waals surface area contributed by atoms with Gasteiger partial charge in [0.25, 0.3) is 0 Å². The second-order valence-corrected chi connectivity index (χ2v) is 4.61. The molecule has 1 aromatic heterocycles. The van der Waals surface area contributed by atoms with Crippen molar-refractivity contribution in [2.24, 2.45) is 0 Å². The zero-order valence-electron chi connectivity index (χ0n) is 9.72. The van der Waals surface area contributed by atoms with Gasteiger partial charge in [-0.1, -0.05) is 51.5 Å². The zero-order chi connectivity index (χ0) is 11.9. The molecule has 0 bridgehead atoms. The Morgan fingerprint density at radius 1 is 1.12 bits per heavy atom. The fourth-order valence-electron chi connectivity index (χ4n) is 1.76. The highest BCUT2D eigenvalue weighted by Gasteiger charge is 1.98. The lowest BCUT2D eigenvalue weighted by Crippen LogP contribution is -1.99. The van der Waals surface area contributed by atoms with Gasteiger partial charge < -0.3 is 0 Å². The Balaban J connectivity index is 1.69. The van der Waals surface area contributed by atoms with E-state index in [1.807, 2.05) is 10.9 Å². The summed E-state index contributed by atoms with van der Waals surface area (Å²) < 4.78 is 1.92. The van der Waals surface area contributed by atoms with E-state index in [-0.39, 0.29) is 0 Å². The summed E-state index contributed by atoms with van der Waals surface area (Å²) in [5, 5.41) is 8.88. The summed E-state index contributed by atoms with van der Waals surface area (Å²) in [4.78, 5) is 0. The average molecular weight is 294 g/mol. The van der Waals surface area contributed by atoms with Gasteiger partial charge in [0.2, 0.25) is 0 Å². The smallest absolute Gasteiger partial charge is 0.0932 e. The van der Waals surface area contributed by atoms with Crippen LogP contribution in [-0.2, 0) is 18.3 Å². The van der Waals surface area contributed by atoms with Crippen molar-refractivity contribution in [1.29, 1.82) is 0 Å². The predicted molar refractivity (Wildman–Crippen MR) is 72.0 cm³/mol. The Bertz CT molecular complexity index is 439. The number of rotatable bonds is 6. The van der Waals surface area contributed by atoms with Gasteiger partial charge in [-0.25, -0.2) is 0 Å². The van der Waals surface area contributed by atoms with Crippen LogP contribution in [0.5, 0.6) is 0 Å². The fourth-order valence-corrected chi connectivity index (χ4v) is 2.01. The monoisotopic (exact) mass is 293 g/mol. The predicted octanol–water partition coefficient (Wildman–Crippen LogP) is 3.20. The molecule has 0 aliphatic rings. The quantitative estimate of drug-likeness (QED) is 0.605. The number of benzene rings is 1. The van der Waals surface area contributed by atoms with Crippen molar-refractivity contribution in [3.8, 4) is 0 Å². The lowest BCUT2D eigenvalue weighted by molar-refractivity contribution is 0.541. The van der Waals surface area contributed by atoms with E-state index in [0.29, 0.717) is 0 Å². The lowest BCUT2D eigenvalue weighted by atomic mass is 10.1. The molecule has 4 heteroatoms. The van der Waals surface area contributed by atoms with Crippen molar-refractivity contribution in [1.82, 2.24) is 15.0 Å². The molecular weight excluding hydrogens is 278 g/mol. The van der Waals surface area contributed by atoms with Gasteiger partial charge in [-0.3, -0.25) is 4.68 Å². The molecule has 0 aliphatic carbocycles. The standard InChI is InChI=1S/C13H16BrN3/c14-10-13-11-17(16-15-13)9-5-4-8-12-6-2-1-3-7-12/h1-3,6-7,11H,4-5,8-10H2. The van der Waals surface area contributed by atoms with Crippen molar-refractivity contribution in [2.75, 3.05) is 0 Å². The van der Waals surface area contributed by atoms with Crippen molar-refractivity contribution >= 4 is 15.9 Å². The second-order valence-electron chi connectivity index (χ2n) is 4.05. The molecule has 0 atom stereocenters. The Morgan fingerprint density at radius 2 is 1.94 bits per heavy atom. The third-order valence-corrected chi connectivity index (χ3v) is 3.24. The normalized spacial score (nSPS) is 10.6. The van der Waals surface area contributed by atoms with Crippen LogP contribution in [0.15, 0.2) is 36.5 Å². The molecule has 90 valence electrons. The van der Waals surface area contributed by atoms with E-state index in [4.69, 9.17) is 0 Å². The summed E-state index contributed by atoms with van der Waals surface area (Å²) in [5.74, 6) is 0. The van der Waals surface area contributed by atoms with Gasteiger partial charge >= 0.3 is 0 Å². The highest BCUT2D eigenvalue weighted by atomic mass is 79.9. The first-order valence-electron chi connectivity index (χ1n) is 5.87. The minimum absolute atomic E-state index is 0.775. The number of unbranched alkanes of at least 4 members (excludes halogenated alkanes) is 1. The molecule has 0 aliphatic heterocycles. The minimum atomic E-state index is 0.775. The number of hydrogen-bond acceptors (Lipinski definition) is 2. The molecule has 1 aromatic carbocycles. The molecule has 0 radical (unpaired) electrons. The van der Waals surface area contributed by atoms with Crippen molar-refractivity contribution in [3.05, 3.63) is 47.8 Å². The topological polar surface area (TPSA) is 30.7 Å². The van der Waals surface area contributed by atoms with Crippen LogP contribution in [0.1, 0.15) is 24.1 Å². The van der Waals surface area contributed by atoms with E-state index in [1.165, 1.54) is 12.0 Å². The van der Waals surface area contributed by atoms with Crippen LogP contribution < -0.4 is 0 Å². The van der Waals surface area contributed by atoms with Crippen molar-refractivity contribution in [3.63, 3.8) is 0 Å². The Labute approximate surface area is 110 Å². The SMILES string of the molecule is BrCc1cn(CCCCc2ccccc2)nn1. The molecule has 0 spiro atoms. The third-order valence-electron chi connectivity index (χ3n) is 2.67. The number of alkyl halides is 1. The van der Waals surface area contributed by atoms with Crippen molar-refractivity contribution in [2.45, 2.75) is 31.1 Å². The first-order chi connectivity index (χ1) is 8.38. The molecule has 0 saturated heterocycles. The summed E-state index contributed by atoms with van der Waals surface area (Å²) in [6.45, 7) is 0.951. The summed E-state index contributed by atoms with van der Waals surface area (Å²) >= 11 is 3.37. The van der Waals surface area contributed by atoms with E-state index in [2.05, 4.69) is 56.6 Å². The maximum atomic E-state index is 4.07. The summed E-state index contributed by atoms with van der Waals surface area (Å²) in [6, 6.07) is 10.6. The lowest BCUT2D eigenvalue weighted by Gasteiger charge is -2.01. The van der Waals surface area contributed by atoms with Gasteiger partial charge in [0.1, 0.15) is 0 Å². The Kier molecular flexibility index (Phi) is 4.74. The summed E-state index contributed by atoms with van der Waals surface area (Å²) in [5.41, 5.74) is 2.40. The molecule has 3 nitrogen and oxygen atoms in total. The number of aryl methyl sites for hydroxylation is 2. The third kappa shape index (κ3) is 3.97. The molecule has 0 amide bonds. The number of aromatic nitrogens is 3. The van der Waals surface area contributed by atoms with Crippen LogP contribution in [0.25, 0.3) is 0 Å². The minimum Gasteiger partial charge on any atom is -0.252 e. The second kappa shape index (κ2) is 6.55. The van der Waals surface area contributed by atoms with Crippen LogP contribution in [0.2, 0.25) is 0 Å². The van der Waals surface area contributed by atoms with Crippen molar-refractivity contribution < 1.29 is 0 Å². The molecule has 2 rings (SSSR count). The van der Waals surface area contributed by atoms with Gasteiger partial charge in [-0.2, -0.15) is 0 Å². The fraction of sp³-hybridized carbons (Fsp3) is 0.385. The molecule has 1 heterocycles. The van der Waals surface area contributed by atoms with Gasteiger partial charge in [-0.15, -0.1) is 5.10 Å². The Morgan fingerprint density at radius 3 is 2.65 bits per heavy atom. The van der Waals surface area contributed by atoms with Crippen LogP contribution in [0, 0.1) is 0 Å². The van der Waals surface area contributed by atoms with E-state index >= 15 is 0 Å². The van der Waals surface area contributed by atoms with Crippen LogP contribution >= 0.6 is 15.9 Å². The Hall–Kier alpha value is -1.16. The molecule has 2 aromatic rings. The number of nitrogens with zero attached hydrogens (tertiary/aromatic N) is 3. The molecular formula is C13H16BrN3. The number of hydrogen-bond donors (Lipinski definition) is 0. The molecule has 0 N–H and O–H groups in total. The first kappa shape index (κ1) is 12.3. The van der Waals surface area contributed by atoms with Gasteiger partial charge in [0, 0.05) is 18.1 Å². The van der Waals surface area contributed by atoms with Gasteiger partial charge in [0.15, 0.2) is 0 Å². The molecule has 0 saturated carbocycles. The van der Waals surface area contributed by atoms with Gasteiger partial charge in [0.05, 0.1) is 5.69 Å². The highest BCUT2D eigenvalue weighted by molar-refractivity contribution is 9.08. The first-order valence-corrected chi connectivity index (χ1v) is 6.99. The molecule has 0 unspecified atom stereocenters. The maximum Gasteiger partial charge on any atom is 0.0932 e. The van der Waals surface area contributed by atoms with Crippen LogP contribution in [0.3, 0.4) is 0 Å². The van der Waals surface area contributed by atoms with Crippen LogP contribution in [0.4, 0.5) is 0 Å².